The molecule has 2 amide bonds. The van der Waals surface area contributed by atoms with Crippen LogP contribution in [-0.4, -0.2) is 18.9 Å². The fourth-order valence-electron chi connectivity index (χ4n) is 3.53. The van der Waals surface area contributed by atoms with Crippen LogP contribution in [0.3, 0.4) is 0 Å². The summed E-state index contributed by atoms with van der Waals surface area (Å²) in [6.45, 7) is 2.03. The fourth-order valence-corrected chi connectivity index (χ4v) is 3.53. The van der Waals surface area contributed by atoms with Gasteiger partial charge in [-0.05, 0) is 53.9 Å². The van der Waals surface area contributed by atoms with E-state index in [9.17, 15) is 14.0 Å². The maximum absolute atomic E-state index is 13.5. The van der Waals surface area contributed by atoms with Crippen LogP contribution in [-0.2, 0) is 16.0 Å². The first-order valence-corrected chi connectivity index (χ1v) is 9.91. The molecule has 1 aliphatic rings. The number of aryl methyl sites for hydroxylation is 1. The van der Waals surface area contributed by atoms with Gasteiger partial charge in [-0.15, -0.1) is 0 Å². The van der Waals surface area contributed by atoms with E-state index in [0.717, 1.165) is 16.9 Å². The van der Waals surface area contributed by atoms with Crippen molar-refractivity contribution >= 4 is 28.8 Å². The minimum Gasteiger partial charge on any atom is -0.495 e. The lowest BCUT2D eigenvalue weighted by Crippen LogP contribution is -2.32. The van der Waals surface area contributed by atoms with E-state index in [4.69, 9.17) is 4.74 Å². The molecule has 0 aromatic heterocycles. The van der Waals surface area contributed by atoms with Gasteiger partial charge in [0, 0.05) is 0 Å². The molecular weight excluding hydrogens is 395 g/mol. The van der Waals surface area contributed by atoms with Gasteiger partial charge in [-0.2, -0.15) is 0 Å². The molecule has 1 aliphatic heterocycles. The second-order valence-corrected chi connectivity index (χ2v) is 7.05. The summed E-state index contributed by atoms with van der Waals surface area (Å²) in [5.41, 5.74) is 2.86. The van der Waals surface area contributed by atoms with E-state index in [1.165, 1.54) is 31.4 Å². The Morgan fingerprint density at radius 1 is 0.903 bits per heavy atom. The molecule has 4 rings (SSSR count). The van der Waals surface area contributed by atoms with Crippen molar-refractivity contribution in [2.24, 2.45) is 0 Å². The first-order chi connectivity index (χ1) is 15.0. The second-order valence-electron chi connectivity index (χ2n) is 7.05. The largest absolute Gasteiger partial charge is 0.495 e. The Morgan fingerprint density at radius 2 is 1.58 bits per heavy atom. The maximum atomic E-state index is 13.5. The molecule has 0 fully saturated rings. The zero-order valence-corrected chi connectivity index (χ0v) is 17.2. The molecule has 0 saturated heterocycles. The first kappa shape index (κ1) is 20.3. The molecule has 0 atom stereocenters. The molecule has 0 saturated carbocycles. The quantitative estimate of drug-likeness (QED) is 0.587. The highest BCUT2D eigenvalue weighted by atomic mass is 19.1. The van der Waals surface area contributed by atoms with Crippen molar-refractivity contribution in [3.05, 3.63) is 95.4 Å². The lowest BCUT2D eigenvalue weighted by Gasteiger charge is -2.16. The predicted molar refractivity (Wildman–Crippen MR) is 118 cm³/mol. The number of halogens is 1. The van der Waals surface area contributed by atoms with Gasteiger partial charge in [0.05, 0.1) is 24.1 Å². The number of rotatable bonds is 6. The molecule has 3 aromatic rings. The van der Waals surface area contributed by atoms with Crippen molar-refractivity contribution in [2.45, 2.75) is 13.3 Å². The van der Waals surface area contributed by atoms with E-state index in [-0.39, 0.29) is 11.3 Å². The number of carbonyl (C=O) groups is 2. The van der Waals surface area contributed by atoms with E-state index in [1.54, 1.807) is 30.3 Å². The number of hydrogen-bond acceptors (Lipinski definition) is 4. The number of hydrogen-bond donors (Lipinski definition) is 1. The molecule has 31 heavy (non-hydrogen) atoms. The lowest BCUT2D eigenvalue weighted by atomic mass is 10.0. The van der Waals surface area contributed by atoms with Crippen molar-refractivity contribution in [3.8, 4) is 5.75 Å². The smallest absolute Gasteiger partial charge is 0.282 e. The number of anilines is 2. The third-order valence-electron chi connectivity index (χ3n) is 5.19. The van der Waals surface area contributed by atoms with Crippen LogP contribution in [0.25, 0.3) is 5.57 Å². The van der Waals surface area contributed by atoms with Gasteiger partial charge in [-0.3, -0.25) is 9.59 Å². The maximum Gasteiger partial charge on any atom is 0.282 e. The zero-order chi connectivity index (χ0) is 22.0. The summed E-state index contributed by atoms with van der Waals surface area (Å²) in [5.74, 6) is -0.857. The van der Waals surface area contributed by atoms with Gasteiger partial charge >= 0.3 is 0 Å². The third kappa shape index (κ3) is 3.80. The Hall–Kier alpha value is -3.93. The standard InChI is InChI=1S/C25H21FN2O3/c1-3-16-8-14-19(15-9-16)28-24(29)22(17-10-12-18(26)13-11-17)23(25(28)30)27-20-6-4-5-7-21(20)31-2/h4-15,27H,3H2,1-2H3. The van der Waals surface area contributed by atoms with Gasteiger partial charge in [0.25, 0.3) is 11.8 Å². The van der Waals surface area contributed by atoms with Crippen molar-refractivity contribution in [1.82, 2.24) is 0 Å². The Kier molecular flexibility index (Phi) is 5.54. The average molecular weight is 416 g/mol. The van der Waals surface area contributed by atoms with Crippen LogP contribution in [0, 0.1) is 5.82 Å². The fraction of sp³-hybridized carbons (Fsp3) is 0.120. The Bertz CT molecular complexity index is 1170. The number of nitrogens with zero attached hydrogens (tertiary/aromatic N) is 1. The highest BCUT2D eigenvalue weighted by molar-refractivity contribution is 6.46. The summed E-state index contributed by atoms with van der Waals surface area (Å²) in [6.07, 6.45) is 0.849. The molecule has 0 spiro atoms. The van der Waals surface area contributed by atoms with Crippen LogP contribution in [0.1, 0.15) is 18.1 Å². The molecule has 6 heteroatoms. The topological polar surface area (TPSA) is 58.6 Å². The SMILES string of the molecule is CCc1ccc(N2C(=O)C(Nc3ccccc3OC)=C(c3ccc(F)cc3)C2=O)cc1. The monoisotopic (exact) mass is 416 g/mol. The number of benzene rings is 3. The number of para-hydroxylation sites is 2. The van der Waals surface area contributed by atoms with E-state index < -0.39 is 17.6 Å². The molecule has 1 N–H and O–H groups in total. The number of ether oxygens (including phenoxy) is 1. The van der Waals surface area contributed by atoms with Gasteiger partial charge in [0.2, 0.25) is 0 Å². The summed E-state index contributed by atoms with van der Waals surface area (Å²) in [7, 11) is 1.53. The zero-order valence-electron chi connectivity index (χ0n) is 17.2. The first-order valence-electron chi connectivity index (χ1n) is 9.91. The summed E-state index contributed by atoms with van der Waals surface area (Å²) in [6, 6.07) is 19.9. The normalized spacial score (nSPS) is 13.7. The van der Waals surface area contributed by atoms with Crippen LogP contribution in [0.4, 0.5) is 15.8 Å². The summed E-state index contributed by atoms with van der Waals surface area (Å²) in [4.78, 5) is 27.9. The van der Waals surface area contributed by atoms with E-state index >= 15 is 0 Å². The van der Waals surface area contributed by atoms with E-state index in [0.29, 0.717) is 22.7 Å². The molecule has 0 bridgehead atoms. The molecule has 156 valence electrons. The minimum absolute atomic E-state index is 0.112. The van der Waals surface area contributed by atoms with Gasteiger partial charge in [0.15, 0.2) is 0 Å². The van der Waals surface area contributed by atoms with Gasteiger partial charge < -0.3 is 10.1 Å². The molecule has 5 nitrogen and oxygen atoms in total. The molecule has 0 radical (unpaired) electrons. The third-order valence-corrected chi connectivity index (χ3v) is 5.19. The number of nitrogens with one attached hydrogen (secondary N) is 1. The van der Waals surface area contributed by atoms with Crippen molar-refractivity contribution in [3.63, 3.8) is 0 Å². The number of imide groups is 1. The van der Waals surface area contributed by atoms with Crippen LogP contribution >= 0.6 is 0 Å². The molecule has 0 aliphatic carbocycles. The van der Waals surface area contributed by atoms with Crippen molar-refractivity contribution < 1.29 is 18.7 Å². The van der Waals surface area contributed by atoms with Gasteiger partial charge in [-0.1, -0.05) is 43.3 Å². The van der Waals surface area contributed by atoms with Crippen molar-refractivity contribution in [1.29, 1.82) is 0 Å². The van der Waals surface area contributed by atoms with Crippen LogP contribution in [0.15, 0.2) is 78.5 Å². The van der Waals surface area contributed by atoms with E-state index in [2.05, 4.69) is 5.32 Å². The highest BCUT2D eigenvalue weighted by Crippen LogP contribution is 2.35. The molecular formula is C25H21FN2O3. The predicted octanol–water partition coefficient (Wildman–Crippen LogP) is 4.79. The van der Waals surface area contributed by atoms with Gasteiger partial charge in [0.1, 0.15) is 17.3 Å². The van der Waals surface area contributed by atoms with Crippen LogP contribution in [0.2, 0.25) is 0 Å². The van der Waals surface area contributed by atoms with Crippen molar-refractivity contribution in [2.75, 3.05) is 17.3 Å². The van der Waals surface area contributed by atoms with Crippen LogP contribution < -0.4 is 15.0 Å². The highest BCUT2D eigenvalue weighted by Gasteiger charge is 2.40. The van der Waals surface area contributed by atoms with Gasteiger partial charge in [-0.25, -0.2) is 9.29 Å². The van der Waals surface area contributed by atoms with E-state index in [1.807, 2.05) is 25.1 Å². The minimum atomic E-state index is -0.487. The lowest BCUT2D eigenvalue weighted by molar-refractivity contribution is -0.120. The summed E-state index contributed by atoms with van der Waals surface area (Å²) >= 11 is 0. The molecule has 3 aromatic carbocycles. The number of methoxy groups -OCH3 is 1. The number of carbonyl (C=O) groups excluding carboxylic acids is 2. The number of amides is 2. The second kappa shape index (κ2) is 8.44. The Balaban J connectivity index is 1.81. The summed E-state index contributed by atoms with van der Waals surface area (Å²) < 4.78 is 18.9. The average Bonchev–Trinajstić information content (AvgIpc) is 3.04. The Morgan fingerprint density at radius 3 is 2.23 bits per heavy atom. The molecule has 0 unspecified atom stereocenters. The molecule has 1 heterocycles. The Labute approximate surface area is 179 Å². The van der Waals surface area contributed by atoms with Crippen LogP contribution in [0.5, 0.6) is 5.75 Å². The summed E-state index contributed by atoms with van der Waals surface area (Å²) in [5, 5.41) is 3.07.